The van der Waals surface area contributed by atoms with Crippen LogP contribution in [0.3, 0.4) is 0 Å². The van der Waals surface area contributed by atoms with Crippen LogP contribution in [0.1, 0.15) is 67.2 Å². The molecule has 0 amide bonds. The Morgan fingerprint density at radius 2 is 0.381 bits per heavy atom. The fraction of sp³-hybridized carbons (Fsp3) is 1.00. The molecule has 0 aliphatic rings. The molecule has 0 atom stereocenters. The molecule has 0 aromatic heterocycles. The number of rotatable bonds is 33. The first kappa shape index (κ1) is 41.6. The summed E-state index contributed by atoms with van der Waals surface area (Å²) in [5.41, 5.74) is 0.741. The van der Waals surface area contributed by atoms with E-state index in [1.54, 1.807) is 0 Å². The number of ether oxygens (including phenoxy) is 10. The van der Waals surface area contributed by atoms with E-state index in [1.807, 2.05) is 0 Å². The quantitative estimate of drug-likeness (QED) is 0.0965. The first-order valence-corrected chi connectivity index (χ1v) is 16.0. The average Bonchev–Trinajstić information content (AvgIpc) is 2.92. The highest BCUT2D eigenvalue weighted by Gasteiger charge is 2.09. The van der Waals surface area contributed by atoms with Crippen molar-refractivity contribution in [1.82, 2.24) is 0 Å². The highest BCUT2D eigenvalue weighted by Crippen LogP contribution is 2.20. The van der Waals surface area contributed by atoms with Gasteiger partial charge in [-0.3, -0.25) is 0 Å². The molecule has 0 saturated carbocycles. The van der Waals surface area contributed by atoms with Gasteiger partial charge in [0.15, 0.2) is 0 Å². The molecule has 0 spiro atoms. The van der Waals surface area contributed by atoms with Crippen molar-refractivity contribution in [1.29, 1.82) is 0 Å². The lowest BCUT2D eigenvalue weighted by Gasteiger charge is -2.17. The third-order valence-corrected chi connectivity index (χ3v) is 5.78. The summed E-state index contributed by atoms with van der Waals surface area (Å²) in [5, 5.41) is 0. The van der Waals surface area contributed by atoms with E-state index in [-0.39, 0.29) is 0 Å². The zero-order valence-electron chi connectivity index (χ0n) is 28.1. The summed E-state index contributed by atoms with van der Waals surface area (Å²) in [6.07, 6.45) is 4.52. The van der Waals surface area contributed by atoms with Crippen LogP contribution in [0.15, 0.2) is 0 Å². The molecule has 0 bridgehead atoms. The zero-order chi connectivity index (χ0) is 31.0. The van der Waals surface area contributed by atoms with Crippen molar-refractivity contribution in [3.05, 3.63) is 0 Å². The Morgan fingerprint density at radius 1 is 0.238 bits per heavy atom. The van der Waals surface area contributed by atoms with Gasteiger partial charge in [-0.25, -0.2) is 0 Å². The van der Waals surface area contributed by atoms with Gasteiger partial charge in [-0.15, -0.1) is 0 Å². The van der Waals surface area contributed by atoms with Gasteiger partial charge in [0.2, 0.25) is 0 Å². The first-order valence-electron chi connectivity index (χ1n) is 16.0. The molecule has 0 aromatic rings. The third-order valence-electron chi connectivity index (χ3n) is 5.78. The smallest absolute Gasteiger partial charge is 0.0701 e. The maximum absolute atomic E-state index is 5.57. The van der Waals surface area contributed by atoms with Gasteiger partial charge in [0.25, 0.3) is 0 Å². The van der Waals surface area contributed by atoms with Crippen LogP contribution in [0.5, 0.6) is 0 Å². The summed E-state index contributed by atoms with van der Waals surface area (Å²) < 4.78 is 55.1. The predicted octanol–water partition coefficient (Wildman–Crippen LogP) is 4.81. The average molecular weight is 611 g/mol. The van der Waals surface area contributed by atoms with E-state index in [4.69, 9.17) is 47.4 Å². The minimum atomic E-state index is 0.371. The van der Waals surface area contributed by atoms with Crippen LogP contribution in [0.25, 0.3) is 0 Å². The highest BCUT2D eigenvalue weighted by atomic mass is 16.6. The Balaban J connectivity index is 3.07. The molecule has 42 heavy (non-hydrogen) atoms. The van der Waals surface area contributed by atoms with Gasteiger partial charge in [-0.2, -0.15) is 0 Å². The largest absolute Gasteiger partial charge is 0.379 e. The van der Waals surface area contributed by atoms with E-state index >= 15 is 0 Å². The van der Waals surface area contributed by atoms with Crippen LogP contribution in [-0.4, -0.2) is 132 Å². The molecule has 0 saturated heterocycles. The van der Waals surface area contributed by atoms with Gasteiger partial charge in [0.05, 0.1) is 119 Å². The molecule has 10 nitrogen and oxygen atoms in total. The third kappa shape index (κ3) is 39.6. The summed E-state index contributed by atoms with van der Waals surface area (Å²) in [5.74, 6) is 0. The second-order valence-corrected chi connectivity index (χ2v) is 12.5. The normalized spacial score (nSPS) is 12.4. The molecule has 0 aliphatic carbocycles. The predicted molar refractivity (Wildman–Crippen MR) is 166 cm³/mol. The topological polar surface area (TPSA) is 92.3 Å². The van der Waals surface area contributed by atoms with E-state index in [1.165, 1.54) is 12.8 Å². The van der Waals surface area contributed by atoms with Crippen LogP contribution in [0.2, 0.25) is 0 Å². The van der Waals surface area contributed by atoms with Crippen LogP contribution < -0.4 is 0 Å². The second-order valence-electron chi connectivity index (χ2n) is 12.5. The second kappa shape index (κ2) is 30.6. The van der Waals surface area contributed by atoms with Gasteiger partial charge >= 0.3 is 0 Å². The van der Waals surface area contributed by atoms with Crippen molar-refractivity contribution < 1.29 is 47.4 Å². The number of hydrogen-bond acceptors (Lipinski definition) is 10. The number of hydrogen-bond donors (Lipinski definition) is 0. The summed E-state index contributed by atoms with van der Waals surface area (Å²) in [7, 11) is 0. The molecule has 254 valence electrons. The lowest BCUT2D eigenvalue weighted by molar-refractivity contribution is -0.0265. The van der Waals surface area contributed by atoms with Crippen LogP contribution in [-0.2, 0) is 47.4 Å². The summed E-state index contributed by atoms with van der Waals surface area (Å²) in [6.45, 7) is 25.2. The van der Waals surface area contributed by atoms with Gasteiger partial charge in [0, 0.05) is 13.2 Å². The molecular formula is C32H66O10. The van der Waals surface area contributed by atoms with E-state index < -0.39 is 0 Å². The summed E-state index contributed by atoms with van der Waals surface area (Å²) in [4.78, 5) is 0. The molecule has 0 unspecified atom stereocenters. The van der Waals surface area contributed by atoms with E-state index in [9.17, 15) is 0 Å². The van der Waals surface area contributed by atoms with E-state index in [0.717, 1.165) is 26.1 Å². The molecular weight excluding hydrogens is 544 g/mol. The lowest BCUT2D eigenvalue weighted by atomic mass is 9.91. The minimum Gasteiger partial charge on any atom is -0.379 e. The van der Waals surface area contributed by atoms with Crippen molar-refractivity contribution in [2.75, 3.05) is 132 Å². The first-order chi connectivity index (χ1) is 20.2. The van der Waals surface area contributed by atoms with E-state index in [2.05, 4.69) is 41.5 Å². The van der Waals surface area contributed by atoms with Crippen LogP contribution >= 0.6 is 0 Å². The fourth-order valence-electron chi connectivity index (χ4n) is 3.49. The van der Waals surface area contributed by atoms with Crippen molar-refractivity contribution in [2.45, 2.75) is 67.2 Å². The molecule has 0 fully saturated rings. The zero-order valence-corrected chi connectivity index (χ0v) is 28.1. The van der Waals surface area contributed by atoms with Crippen LogP contribution in [0, 0.1) is 10.8 Å². The van der Waals surface area contributed by atoms with Gasteiger partial charge in [0.1, 0.15) is 0 Å². The summed E-state index contributed by atoms with van der Waals surface area (Å²) in [6, 6.07) is 0. The van der Waals surface area contributed by atoms with Crippen LogP contribution in [0.4, 0.5) is 0 Å². The van der Waals surface area contributed by atoms with Gasteiger partial charge in [-0.05, 0) is 36.5 Å². The van der Waals surface area contributed by atoms with Crippen molar-refractivity contribution in [3.63, 3.8) is 0 Å². The van der Waals surface area contributed by atoms with Gasteiger partial charge in [-0.1, -0.05) is 41.5 Å². The molecule has 0 N–H and O–H groups in total. The van der Waals surface area contributed by atoms with Gasteiger partial charge < -0.3 is 47.4 Å². The standard InChI is InChI=1S/C32H66O10/c1-31(2,3)9-7-11-33-13-15-35-17-19-37-21-23-39-25-27-41-29-30-42-28-26-40-24-22-38-20-18-36-16-14-34-12-8-10-32(4,5)6/h7-30H2,1-6H3. The van der Waals surface area contributed by atoms with Crippen molar-refractivity contribution in [2.24, 2.45) is 10.8 Å². The maximum atomic E-state index is 5.57. The van der Waals surface area contributed by atoms with Crippen molar-refractivity contribution >= 4 is 0 Å². The monoisotopic (exact) mass is 610 g/mol. The molecule has 0 rings (SSSR count). The Morgan fingerprint density at radius 3 is 0.524 bits per heavy atom. The highest BCUT2D eigenvalue weighted by molar-refractivity contribution is 4.61. The lowest BCUT2D eigenvalue weighted by Crippen LogP contribution is -2.15. The SMILES string of the molecule is CC(C)(C)CCCOCCOCCOCCOCCOCCOCCOCCOCCOCCOCCCC(C)(C)C. The molecule has 10 heteroatoms. The molecule has 0 aromatic carbocycles. The Bertz CT molecular complexity index is 476. The fourth-order valence-corrected chi connectivity index (χ4v) is 3.49. The molecule has 0 radical (unpaired) electrons. The maximum Gasteiger partial charge on any atom is 0.0701 e. The van der Waals surface area contributed by atoms with E-state index in [0.29, 0.717) is 130 Å². The summed E-state index contributed by atoms with van der Waals surface area (Å²) >= 11 is 0. The Labute approximate surface area is 257 Å². The Hall–Kier alpha value is -0.400. The van der Waals surface area contributed by atoms with Crippen molar-refractivity contribution in [3.8, 4) is 0 Å². The Kier molecular flexibility index (Phi) is 30.3. The molecule has 0 heterocycles. The minimum absolute atomic E-state index is 0.371. The molecule has 0 aliphatic heterocycles.